The third-order valence-corrected chi connectivity index (χ3v) is 2.61. The molecule has 2 aromatic rings. The van der Waals surface area contributed by atoms with Crippen LogP contribution in [0.3, 0.4) is 0 Å². The summed E-state index contributed by atoms with van der Waals surface area (Å²) >= 11 is 0. The van der Waals surface area contributed by atoms with E-state index in [1.54, 1.807) is 31.2 Å². The van der Waals surface area contributed by atoms with E-state index in [4.69, 9.17) is 5.26 Å². The summed E-state index contributed by atoms with van der Waals surface area (Å²) in [7, 11) is 0. The van der Waals surface area contributed by atoms with Gasteiger partial charge in [0, 0.05) is 5.56 Å². The van der Waals surface area contributed by atoms with Crippen molar-refractivity contribution in [2.45, 2.75) is 6.92 Å². The normalized spacial score (nSPS) is 10.0. The van der Waals surface area contributed by atoms with Crippen LogP contribution >= 0.6 is 0 Å². The first-order chi connectivity index (χ1) is 8.13. The van der Waals surface area contributed by atoms with Crippen LogP contribution in [-0.2, 0) is 0 Å². The molecule has 0 saturated carbocycles. The van der Waals surface area contributed by atoms with Crippen molar-refractivity contribution < 1.29 is 8.78 Å². The lowest BCUT2D eigenvalue weighted by atomic mass is 9.99. The number of benzene rings is 2. The Morgan fingerprint density at radius 3 is 2.47 bits per heavy atom. The molecule has 0 saturated heterocycles. The summed E-state index contributed by atoms with van der Waals surface area (Å²) in [5.74, 6) is -0.957. The fourth-order valence-corrected chi connectivity index (χ4v) is 1.64. The van der Waals surface area contributed by atoms with E-state index in [1.807, 2.05) is 0 Å². The van der Waals surface area contributed by atoms with Gasteiger partial charge in [-0.1, -0.05) is 24.3 Å². The molecule has 0 bridgehead atoms. The Morgan fingerprint density at radius 2 is 1.82 bits per heavy atom. The minimum atomic E-state index is -0.592. The maximum absolute atomic E-state index is 13.4. The van der Waals surface area contributed by atoms with Crippen molar-refractivity contribution in [3.8, 4) is 17.2 Å². The Balaban J connectivity index is 2.65. The van der Waals surface area contributed by atoms with Gasteiger partial charge in [-0.2, -0.15) is 5.26 Å². The number of rotatable bonds is 1. The number of aryl methyl sites for hydroxylation is 1. The molecular weight excluding hydrogens is 220 g/mol. The molecule has 0 aliphatic carbocycles. The van der Waals surface area contributed by atoms with Crippen molar-refractivity contribution >= 4 is 0 Å². The minimum Gasteiger partial charge on any atom is -0.207 e. The summed E-state index contributed by atoms with van der Waals surface area (Å²) in [6.45, 7) is 1.65. The fourth-order valence-electron chi connectivity index (χ4n) is 1.64. The van der Waals surface area contributed by atoms with Gasteiger partial charge in [-0.3, -0.25) is 0 Å². The molecule has 84 valence electrons. The lowest BCUT2D eigenvalue weighted by Gasteiger charge is -2.06. The molecule has 0 N–H and O–H groups in total. The molecule has 1 nitrogen and oxygen atoms in total. The van der Waals surface area contributed by atoms with E-state index < -0.39 is 5.82 Å². The maximum Gasteiger partial charge on any atom is 0.141 e. The summed E-state index contributed by atoms with van der Waals surface area (Å²) < 4.78 is 26.8. The van der Waals surface area contributed by atoms with E-state index in [0.717, 1.165) is 0 Å². The van der Waals surface area contributed by atoms with Crippen molar-refractivity contribution in [1.82, 2.24) is 0 Å². The molecule has 0 aliphatic heterocycles. The average Bonchev–Trinajstić information content (AvgIpc) is 2.32. The highest BCUT2D eigenvalue weighted by molar-refractivity contribution is 5.70. The first-order valence-corrected chi connectivity index (χ1v) is 5.08. The number of nitrogens with zero attached hydrogens (tertiary/aromatic N) is 1. The second kappa shape index (κ2) is 4.34. The molecule has 17 heavy (non-hydrogen) atoms. The Kier molecular flexibility index (Phi) is 2.88. The summed E-state index contributed by atoms with van der Waals surface area (Å²) in [6, 6.07) is 10.7. The van der Waals surface area contributed by atoms with Crippen molar-refractivity contribution in [3.05, 3.63) is 59.2 Å². The van der Waals surface area contributed by atoms with E-state index in [2.05, 4.69) is 0 Å². The van der Waals surface area contributed by atoms with Gasteiger partial charge in [0.1, 0.15) is 17.7 Å². The molecule has 0 heterocycles. The van der Waals surface area contributed by atoms with Crippen LogP contribution in [0, 0.1) is 29.9 Å². The van der Waals surface area contributed by atoms with Gasteiger partial charge in [0.15, 0.2) is 0 Å². The first kappa shape index (κ1) is 11.3. The van der Waals surface area contributed by atoms with Gasteiger partial charge in [-0.05, 0) is 30.2 Å². The van der Waals surface area contributed by atoms with Crippen molar-refractivity contribution in [3.63, 3.8) is 0 Å². The predicted molar refractivity (Wildman–Crippen MR) is 61.2 cm³/mol. The molecule has 0 radical (unpaired) electrons. The van der Waals surface area contributed by atoms with Crippen LogP contribution in [-0.4, -0.2) is 0 Å². The molecule has 2 rings (SSSR count). The maximum atomic E-state index is 13.4. The zero-order valence-electron chi connectivity index (χ0n) is 9.17. The average molecular weight is 229 g/mol. The Bertz CT molecular complexity index is 612. The minimum absolute atomic E-state index is 0.0595. The molecular formula is C14H9F2N. The van der Waals surface area contributed by atoms with Crippen LogP contribution in [0.2, 0.25) is 0 Å². The predicted octanol–water partition coefficient (Wildman–Crippen LogP) is 3.81. The van der Waals surface area contributed by atoms with Gasteiger partial charge < -0.3 is 0 Å². The quantitative estimate of drug-likeness (QED) is 0.729. The molecule has 0 fully saturated rings. The van der Waals surface area contributed by atoms with E-state index in [9.17, 15) is 8.78 Å². The molecule has 0 spiro atoms. The highest BCUT2D eigenvalue weighted by Crippen LogP contribution is 2.26. The smallest absolute Gasteiger partial charge is 0.141 e. The first-order valence-electron chi connectivity index (χ1n) is 5.08. The molecule has 2 aromatic carbocycles. The monoisotopic (exact) mass is 229 g/mol. The van der Waals surface area contributed by atoms with Crippen molar-refractivity contribution in [2.24, 2.45) is 0 Å². The Labute approximate surface area is 97.9 Å². The third-order valence-electron chi connectivity index (χ3n) is 2.61. The number of halogens is 2. The Morgan fingerprint density at radius 1 is 1.06 bits per heavy atom. The molecule has 0 aromatic heterocycles. The zero-order chi connectivity index (χ0) is 12.4. The lowest BCUT2D eigenvalue weighted by Crippen LogP contribution is -1.91. The summed E-state index contributed by atoms with van der Waals surface area (Å²) in [5, 5.41) is 8.90. The van der Waals surface area contributed by atoms with Crippen LogP contribution in [0.25, 0.3) is 11.1 Å². The van der Waals surface area contributed by atoms with Crippen LogP contribution < -0.4 is 0 Å². The zero-order valence-corrected chi connectivity index (χ0v) is 9.17. The number of hydrogen-bond acceptors (Lipinski definition) is 1. The number of nitriles is 1. The van der Waals surface area contributed by atoms with Crippen molar-refractivity contribution in [2.75, 3.05) is 0 Å². The second-order valence-corrected chi connectivity index (χ2v) is 3.74. The van der Waals surface area contributed by atoms with Gasteiger partial charge in [-0.15, -0.1) is 0 Å². The van der Waals surface area contributed by atoms with Gasteiger partial charge in [0.2, 0.25) is 0 Å². The van der Waals surface area contributed by atoms with E-state index >= 15 is 0 Å². The summed E-state index contributed by atoms with van der Waals surface area (Å²) in [6.07, 6.45) is 0. The van der Waals surface area contributed by atoms with Crippen LogP contribution in [0.15, 0.2) is 36.4 Å². The van der Waals surface area contributed by atoms with Gasteiger partial charge in [0.05, 0.1) is 5.56 Å². The molecule has 3 heteroatoms. The van der Waals surface area contributed by atoms with Gasteiger partial charge in [0.25, 0.3) is 0 Å². The number of hydrogen-bond donors (Lipinski definition) is 0. The molecule has 0 atom stereocenters. The molecule has 0 unspecified atom stereocenters. The highest BCUT2D eigenvalue weighted by Gasteiger charge is 2.10. The van der Waals surface area contributed by atoms with Crippen LogP contribution in [0.1, 0.15) is 11.1 Å². The van der Waals surface area contributed by atoms with E-state index in [0.29, 0.717) is 16.7 Å². The lowest BCUT2D eigenvalue weighted by molar-refractivity contribution is 0.618. The molecule has 0 amide bonds. The second-order valence-electron chi connectivity index (χ2n) is 3.74. The Hall–Kier alpha value is -2.21. The fraction of sp³-hybridized carbons (Fsp3) is 0.0714. The van der Waals surface area contributed by atoms with E-state index in [1.165, 1.54) is 18.2 Å². The van der Waals surface area contributed by atoms with Crippen LogP contribution in [0.5, 0.6) is 0 Å². The molecule has 0 aliphatic rings. The SMILES string of the molecule is Cc1ccc(-c2cccc(F)c2C#N)cc1F. The van der Waals surface area contributed by atoms with Crippen LogP contribution in [0.4, 0.5) is 8.78 Å². The largest absolute Gasteiger partial charge is 0.207 e. The van der Waals surface area contributed by atoms with E-state index in [-0.39, 0.29) is 11.4 Å². The third kappa shape index (κ3) is 2.02. The standard InChI is InChI=1S/C14H9F2N/c1-9-5-6-10(7-14(9)16)11-3-2-4-13(15)12(11)8-17/h2-7H,1H3. The summed E-state index contributed by atoms with van der Waals surface area (Å²) in [5.41, 5.74) is 1.37. The van der Waals surface area contributed by atoms with Gasteiger partial charge >= 0.3 is 0 Å². The summed E-state index contributed by atoms with van der Waals surface area (Å²) in [4.78, 5) is 0. The van der Waals surface area contributed by atoms with Crippen molar-refractivity contribution in [1.29, 1.82) is 5.26 Å². The van der Waals surface area contributed by atoms with Gasteiger partial charge in [-0.25, -0.2) is 8.78 Å². The highest BCUT2D eigenvalue weighted by atomic mass is 19.1. The topological polar surface area (TPSA) is 23.8 Å².